The number of benzene rings is 1. The number of carbonyl (C=O) groups is 2. The van der Waals surface area contributed by atoms with Crippen LogP contribution in [0.2, 0.25) is 0 Å². The van der Waals surface area contributed by atoms with Gasteiger partial charge >= 0.3 is 0 Å². The molecule has 1 aliphatic carbocycles. The molecule has 130 valence electrons. The second-order valence-electron chi connectivity index (χ2n) is 6.37. The minimum absolute atomic E-state index is 0.0201. The lowest BCUT2D eigenvalue weighted by molar-refractivity contribution is -0.125. The predicted octanol–water partition coefficient (Wildman–Crippen LogP) is 2.59. The number of ether oxygens (including phenoxy) is 1. The predicted molar refractivity (Wildman–Crippen MR) is 95.8 cm³/mol. The summed E-state index contributed by atoms with van der Waals surface area (Å²) in [5.41, 5.74) is 4.15. The van der Waals surface area contributed by atoms with Crippen LogP contribution in [-0.4, -0.2) is 36.0 Å². The highest BCUT2D eigenvalue weighted by molar-refractivity contribution is 7.07. The van der Waals surface area contributed by atoms with Crippen molar-refractivity contribution >= 4 is 28.8 Å². The van der Waals surface area contributed by atoms with Crippen LogP contribution in [0.5, 0.6) is 5.75 Å². The highest BCUT2D eigenvalue weighted by Crippen LogP contribution is 2.35. The number of amides is 2. The van der Waals surface area contributed by atoms with Gasteiger partial charge in [0.2, 0.25) is 5.91 Å². The Bertz CT molecular complexity index is 785. The van der Waals surface area contributed by atoms with Crippen molar-refractivity contribution in [3.05, 3.63) is 29.1 Å². The van der Waals surface area contributed by atoms with E-state index in [2.05, 4.69) is 10.3 Å². The molecule has 2 amide bonds. The summed E-state index contributed by atoms with van der Waals surface area (Å²) >= 11 is 1.51. The largest absolute Gasteiger partial charge is 0.482 e. The molecule has 2 aromatic rings. The fraction of sp³-hybridized carbons (Fsp3) is 0.389. The average Bonchev–Trinajstić information content (AvgIpc) is 3.31. The van der Waals surface area contributed by atoms with E-state index >= 15 is 0 Å². The van der Waals surface area contributed by atoms with Crippen molar-refractivity contribution in [3.8, 4) is 17.0 Å². The molecule has 0 atom stereocenters. The molecule has 0 bridgehead atoms. The Kier molecular flexibility index (Phi) is 4.40. The Morgan fingerprint density at radius 3 is 2.96 bits per heavy atom. The number of fused-ring (bicyclic) bond motifs is 1. The van der Waals surface area contributed by atoms with E-state index < -0.39 is 0 Å². The molecular weight excluding hydrogens is 338 g/mol. The van der Waals surface area contributed by atoms with Gasteiger partial charge in [-0.05, 0) is 31.0 Å². The summed E-state index contributed by atoms with van der Waals surface area (Å²) in [4.78, 5) is 30.5. The van der Waals surface area contributed by atoms with Crippen molar-refractivity contribution < 1.29 is 14.3 Å². The minimum atomic E-state index is -0.204. The Morgan fingerprint density at radius 1 is 1.36 bits per heavy atom. The van der Waals surface area contributed by atoms with Crippen LogP contribution in [0, 0.1) is 0 Å². The number of rotatable bonds is 4. The number of hydrogen-bond acceptors (Lipinski definition) is 5. The first-order chi connectivity index (χ1) is 12.2. The van der Waals surface area contributed by atoms with Crippen molar-refractivity contribution in [2.24, 2.45) is 0 Å². The van der Waals surface area contributed by atoms with Crippen molar-refractivity contribution in [2.45, 2.75) is 31.7 Å². The molecule has 6 nitrogen and oxygen atoms in total. The first-order valence-electron chi connectivity index (χ1n) is 8.46. The van der Waals surface area contributed by atoms with Crippen LogP contribution in [0.25, 0.3) is 11.3 Å². The topological polar surface area (TPSA) is 71.5 Å². The van der Waals surface area contributed by atoms with Gasteiger partial charge in [-0.15, -0.1) is 11.3 Å². The number of hydrogen-bond donors (Lipinski definition) is 1. The molecule has 7 heteroatoms. The van der Waals surface area contributed by atoms with Crippen LogP contribution in [0.15, 0.2) is 29.1 Å². The molecule has 1 aromatic heterocycles. The van der Waals surface area contributed by atoms with Crippen LogP contribution in [0.1, 0.15) is 25.7 Å². The van der Waals surface area contributed by atoms with Crippen molar-refractivity contribution in [3.63, 3.8) is 0 Å². The van der Waals surface area contributed by atoms with Gasteiger partial charge in [0.05, 0.1) is 16.9 Å². The van der Waals surface area contributed by atoms with E-state index in [1.54, 1.807) is 5.51 Å². The molecule has 0 saturated heterocycles. The van der Waals surface area contributed by atoms with Crippen LogP contribution >= 0.6 is 11.3 Å². The van der Waals surface area contributed by atoms with Crippen molar-refractivity contribution in [1.82, 2.24) is 10.3 Å². The maximum Gasteiger partial charge on any atom is 0.265 e. The van der Waals surface area contributed by atoms with Crippen LogP contribution in [-0.2, 0) is 9.59 Å². The summed E-state index contributed by atoms with van der Waals surface area (Å²) in [6.45, 7) is -0.0219. The fourth-order valence-electron chi connectivity index (χ4n) is 3.38. The molecule has 1 aromatic carbocycles. The normalized spacial score (nSPS) is 17.3. The summed E-state index contributed by atoms with van der Waals surface area (Å²) in [6, 6.07) is 5.85. The number of nitrogens with one attached hydrogen (secondary N) is 1. The van der Waals surface area contributed by atoms with Gasteiger partial charge in [-0.3, -0.25) is 14.5 Å². The third-order valence-corrected chi connectivity index (χ3v) is 5.24. The minimum Gasteiger partial charge on any atom is -0.482 e. The number of carbonyl (C=O) groups excluding carboxylic acids is 2. The number of thiazole rings is 1. The Labute approximate surface area is 149 Å². The maximum atomic E-state index is 12.4. The van der Waals surface area contributed by atoms with Gasteiger partial charge in [0.25, 0.3) is 5.91 Å². The van der Waals surface area contributed by atoms with Crippen molar-refractivity contribution in [1.29, 1.82) is 0 Å². The average molecular weight is 357 g/mol. The molecule has 1 N–H and O–H groups in total. The first kappa shape index (κ1) is 16.1. The van der Waals surface area contributed by atoms with E-state index in [1.807, 2.05) is 23.6 Å². The van der Waals surface area contributed by atoms with Crippen LogP contribution in [0.3, 0.4) is 0 Å². The van der Waals surface area contributed by atoms with Gasteiger partial charge < -0.3 is 10.1 Å². The van der Waals surface area contributed by atoms with E-state index in [1.165, 1.54) is 16.2 Å². The number of aromatic nitrogens is 1. The standard InChI is InChI=1S/C18H19N3O3S/c22-17(20-13-3-1-2-4-13)8-21-15-7-12(14-10-25-11-19-14)5-6-16(15)24-9-18(21)23/h5-7,10-11,13H,1-4,8-9H2,(H,20,22). The SMILES string of the molecule is O=C(CN1C(=O)COc2ccc(-c3cscn3)cc21)NC1CCCC1. The Balaban J connectivity index is 1.57. The summed E-state index contributed by atoms with van der Waals surface area (Å²) in [7, 11) is 0. The van der Waals surface area contributed by atoms with Crippen LogP contribution in [0.4, 0.5) is 5.69 Å². The molecule has 1 fully saturated rings. The molecule has 1 aliphatic heterocycles. The highest BCUT2D eigenvalue weighted by Gasteiger charge is 2.29. The lowest BCUT2D eigenvalue weighted by Gasteiger charge is -2.29. The molecular formula is C18H19N3O3S. The van der Waals surface area contributed by atoms with Gasteiger partial charge in [0, 0.05) is 17.0 Å². The molecule has 0 spiro atoms. The summed E-state index contributed by atoms with van der Waals surface area (Å²) in [6.07, 6.45) is 4.35. The van der Waals surface area contributed by atoms with E-state index in [4.69, 9.17) is 4.74 Å². The molecule has 25 heavy (non-hydrogen) atoms. The zero-order valence-electron chi connectivity index (χ0n) is 13.7. The van der Waals surface area contributed by atoms with E-state index in [0.717, 1.165) is 36.9 Å². The quantitative estimate of drug-likeness (QED) is 0.913. The van der Waals surface area contributed by atoms with Gasteiger partial charge in [0.1, 0.15) is 12.3 Å². The zero-order valence-corrected chi connectivity index (χ0v) is 14.6. The van der Waals surface area contributed by atoms with E-state index in [9.17, 15) is 9.59 Å². The summed E-state index contributed by atoms with van der Waals surface area (Å²) < 4.78 is 5.51. The highest BCUT2D eigenvalue weighted by atomic mass is 32.1. The van der Waals surface area contributed by atoms with Gasteiger partial charge in [-0.1, -0.05) is 12.8 Å². The lowest BCUT2D eigenvalue weighted by atomic mass is 10.1. The van der Waals surface area contributed by atoms with Gasteiger partial charge in [0.15, 0.2) is 6.61 Å². The number of nitrogens with zero attached hydrogens (tertiary/aromatic N) is 2. The smallest absolute Gasteiger partial charge is 0.265 e. The van der Waals surface area contributed by atoms with E-state index in [-0.39, 0.29) is 31.0 Å². The zero-order chi connectivity index (χ0) is 17.2. The Morgan fingerprint density at radius 2 is 2.20 bits per heavy atom. The van der Waals surface area contributed by atoms with Crippen LogP contribution < -0.4 is 15.0 Å². The lowest BCUT2D eigenvalue weighted by Crippen LogP contribution is -2.46. The molecule has 2 heterocycles. The van der Waals surface area contributed by atoms with E-state index in [0.29, 0.717) is 11.4 Å². The summed E-state index contributed by atoms with van der Waals surface area (Å²) in [5, 5.41) is 4.98. The van der Waals surface area contributed by atoms with Gasteiger partial charge in [-0.2, -0.15) is 0 Å². The second-order valence-corrected chi connectivity index (χ2v) is 7.09. The molecule has 0 radical (unpaired) electrons. The molecule has 2 aliphatic rings. The molecule has 4 rings (SSSR count). The third kappa shape index (κ3) is 3.37. The van der Waals surface area contributed by atoms with Gasteiger partial charge in [-0.25, -0.2) is 4.98 Å². The Hall–Kier alpha value is -2.41. The number of anilines is 1. The van der Waals surface area contributed by atoms with Crippen molar-refractivity contribution in [2.75, 3.05) is 18.1 Å². The second kappa shape index (κ2) is 6.84. The monoisotopic (exact) mass is 357 g/mol. The third-order valence-electron chi connectivity index (χ3n) is 4.65. The fourth-order valence-corrected chi connectivity index (χ4v) is 3.94. The first-order valence-corrected chi connectivity index (χ1v) is 9.40. The summed E-state index contributed by atoms with van der Waals surface area (Å²) in [5.74, 6) is 0.295. The maximum absolute atomic E-state index is 12.4. The molecule has 1 saturated carbocycles. The molecule has 0 unspecified atom stereocenters.